The molecule has 90 valence electrons. The van der Waals surface area contributed by atoms with Crippen LogP contribution in [0.3, 0.4) is 0 Å². The first kappa shape index (κ1) is 13.2. The summed E-state index contributed by atoms with van der Waals surface area (Å²) < 4.78 is 38.1. The summed E-state index contributed by atoms with van der Waals surface area (Å²) >= 11 is 5.64. The normalized spacial score (nSPS) is 13.6. The highest BCUT2D eigenvalue weighted by Crippen LogP contribution is 2.36. The van der Waals surface area contributed by atoms with Crippen molar-refractivity contribution < 1.29 is 13.2 Å². The van der Waals surface area contributed by atoms with E-state index in [0.717, 1.165) is 6.07 Å². The lowest BCUT2D eigenvalue weighted by atomic mass is 10.1. The third-order valence-electron chi connectivity index (χ3n) is 2.47. The smallest absolute Gasteiger partial charge is 0.370 e. The fourth-order valence-corrected chi connectivity index (χ4v) is 1.57. The first-order chi connectivity index (χ1) is 7.38. The van der Waals surface area contributed by atoms with E-state index in [4.69, 9.17) is 11.6 Å². The Morgan fingerprint density at radius 3 is 2.38 bits per heavy atom. The van der Waals surface area contributed by atoms with Crippen LogP contribution in [0.15, 0.2) is 24.3 Å². The van der Waals surface area contributed by atoms with E-state index in [-0.39, 0.29) is 17.6 Å². The molecule has 0 N–H and O–H groups in total. The third kappa shape index (κ3) is 2.82. The summed E-state index contributed by atoms with van der Waals surface area (Å²) in [7, 11) is 1.61. The molecule has 0 amide bonds. The number of para-hydroxylation sites is 1. The van der Waals surface area contributed by atoms with E-state index in [1.807, 2.05) is 0 Å². The fourth-order valence-electron chi connectivity index (χ4n) is 1.36. The van der Waals surface area contributed by atoms with Crippen molar-refractivity contribution in [2.24, 2.45) is 0 Å². The van der Waals surface area contributed by atoms with E-state index in [1.54, 1.807) is 20.0 Å². The number of hydrogen-bond acceptors (Lipinski definition) is 1. The molecule has 0 aliphatic heterocycles. The average molecular weight is 252 g/mol. The highest BCUT2D eigenvalue weighted by Gasteiger charge is 2.34. The van der Waals surface area contributed by atoms with Crippen molar-refractivity contribution in [3.05, 3.63) is 29.8 Å². The summed E-state index contributed by atoms with van der Waals surface area (Å²) in [6.07, 6.45) is -4.34. The highest BCUT2D eigenvalue weighted by atomic mass is 35.5. The van der Waals surface area contributed by atoms with E-state index in [2.05, 4.69) is 0 Å². The first-order valence-electron chi connectivity index (χ1n) is 4.83. The summed E-state index contributed by atoms with van der Waals surface area (Å²) in [5, 5.41) is 0. The Kier molecular flexibility index (Phi) is 4.08. The van der Waals surface area contributed by atoms with Gasteiger partial charge in [0.1, 0.15) is 0 Å². The van der Waals surface area contributed by atoms with Crippen LogP contribution in [0, 0.1) is 0 Å². The molecule has 0 saturated heterocycles. The number of alkyl halides is 4. The molecule has 0 radical (unpaired) electrons. The molecular weight excluding hydrogens is 239 g/mol. The van der Waals surface area contributed by atoms with Crippen molar-refractivity contribution in [2.45, 2.75) is 19.1 Å². The van der Waals surface area contributed by atoms with Gasteiger partial charge < -0.3 is 4.90 Å². The lowest BCUT2D eigenvalue weighted by molar-refractivity contribution is -0.137. The van der Waals surface area contributed by atoms with Crippen LogP contribution in [0.25, 0.3) is 0 Å². The maximum absolute atomic E-state index is 12.7. The van der Waals surface area contributed by atoms with Crippen molar-refractivity contribution in [1.82, 2.24) is 0 Å². The van der Waals surface area contributed by atoms with Crippen molar-refractivity contribution in [3.8, 4) is 0 Å². The molecule has 0 heterocycles. The van der Waals surface area contributed by atoms with Crippen LogP contribution in [0.2, 0.25) is 0 Å². The Labute approximate surface area is 97.8 Å². The summed E-state index contributed by atoms with van der Waals surface area (Å²) in [5.74, 6) is 0.280. The van der Waals surface area contributed by atoms with Gasteiger partial charge in [0, 0.05) is 24.7 Å². The molecule has 0 aliphatic rings. The fraction of sp³-hybridized carbons (Fsp3) is 0.455. The molecule has 0 aromatic heterocycles. The van der Waals surface area contributed by atoms with Gasteiger partial charge in [0.25, 0.3) is 0 Å². The van der Waals surface area contributed by atoms with Crippen molar-refractivity contribution >= 4 is 17.3 Å². The van der Waals surface area contributed by atoms with Crippen LogP contribution >= 0.6 is 11.6 Å². The number of hydrogen-bond donors (Lipinski definition) is 0. The van der Waals surface area contributed by atoms with Gasteiger partial charge in [-0.05, 0) is 19.1 Å². The predicted octanol–water partition coefficient (Wildman–Crippen LogP) is 3.77. The molecule has 1 atom stereocenters. The van der Waals surface area contributed by atoms with E-state index in [9.17, 15) is 13.2 Å². The molecule has 16 heavy (non-hydrogen) atoms. The van der Waals surface area contributed by atoms with Gasteiger partial charge in [-0.2, -0.15) is 13.2 Å². The van der Waals surface area contributed by atoms with Gasteiger partial charge in [0.2, 0.25) is 0 Å². The number of halogens is 4. The molecule has 5 heteroatoms. The number of nitrogens with zero attached hydrogens (tertiary/aromatic N) is 1. The van der Waals surface area contributed by atoms with Gasteiger partial charge in [-0.25, -0.2) is 0 Å². The number of rotatable bonds is 3. The summed E-state index contributed by atoms with van der Waals surface area (Å²) in [5.41, 5.74) is -0.474. The van der Waals surface area contributed by atoms with E-state index in [0.29, 0.717) is 0 Å². The van der Waals surface area contributed by atoms with Crippen LogP contribution in [0.1, 0.15) is 12.5 Å². The second-order valence-corrected chi connectivity index (χ2v) is 3.94. The quantitative estimate of drug-likeness (QED) is 0.739. The van der Waals surface area contributed by atoms with Crippen molar-refractivity contribution in [1.29, 1.82) is 0 Å². The Hall–Kier alpha value is -0.900. The minimum Gasteiger partial charge on any atom is -0.370 e. The minimum absolute atomic E-state index is 0.148. The molecule has 1 rings (SSSR count). The highest BCUT2D eigenvalue weighted by molar-refractivity contribution is 6.18. The van der Waals surface area contributed by atoms with Gasteiger partial charge in [0.05, 0.1) is 5.56 Å². The molecule has 1 aromatic carbocycles. The van der Waals surface area contributed by atoms with Gasteiger partial charge in [-0.1, -0.05) is 12.1 Å². The predicted molar refractivity (Wildman–Crippen MR) is 60.0 cm³/mol. The Balaban J connectivity index is 3.13. The zero-order valence-corrected chi connectivity index (χ0v) is 9.81. The van der Waals surface area contributed by atoms with E-state index in [1.165, 1.54) is 17.0 Å². The number of benzene rings is 1. The molecule has 0 aliphatic carbocycles. The monoisotopic (exact) mass is 251 g/mol. The maximum Gasteiger partial charge on any atom is 0.418 e. The SMILES string of the molecule is CC(CCl)N(C)c1ccccc1C(F)(F)F. The van der Waals surface area contributed by atoms with Gasteiger partial charge in [-0.15, -0.1) is 11.6 Å². The molecular formula is C11H13ClF3N. The summed E-state index contributed by atoms with van der Waals surface area (Å²) in [6, 6.07) is 5.34. The van der Waals surface area contributed by atoms with Gasteiger partial charge in [0.15, 0.2) is 0 Å². The third-order valence-corrected chi connectivity index (χ3v) is 2.92. The van der Waals surface area contributed by atoms with Crippen LogP contribution < -0.4 is 4.90 Å². The Morgan fingerprint density at radius 2 is 1.88 bits per heavy atom. The largest absolute Gasteiger partial charge is 0.418 e. The van der Waals surface area contributed by atoms with E-state index < -0.39 is 11.7 Å². The van der Waals surface area contributed by atoms with Gasteiger partial charge >= 0.3 is 6.18 Å². The lowest BCUT2D eigenvalue weighted by Gasteiger charge is -2.28. The molecule has 1 nitrogen and oxygen atoms in total. The Morgan fingerprint density at radius 1 is 1.31 bits per heavy atom. The van der Waals surface area contributed by atoms with Crippen LogP contribution in [-0.4, -0.2) is 19.0 Å². The maximum atomic E-state index is 12.7. The van der Waals surface area contributed by atoms with Crippen LogP contribution in [0.4, 0.5) is 18.9 Å². The first-order valence-corrected chi connectivity index (χ1v) is 5.36. The van der Waals surface area contributed by atoms with Crippen molar-refractivity contribution in [2.75, 3.05) is 17.8 Å². The minimum atomic E-state index is -4.34. The molecule has 0 spiro atoms. The zero-order valence-electron chi connectivity index (χ0n) is 9.05. The molecule has 0 bridgehead atoms. The topological polar surface area (TPSA) is 3.24 Å². The zero-order chi connectivity index (χ0) is 12.3. The van der Waals surface area contributed by atoms with Crippen LogP contribution in [0.5, 0.6) is 0 Å². The molecule has 0 saturated carbocycles. The lowest BCUT2D eigenvalue weighted by Crippen LogP contribution is -2.31. The summed E-state index contributed by atoms with van der Waals surface area (Å²) in [4.78, 5) is 1.54. The second-order valence-electron chi connectivity index (χ2n) is 3.63. The molecule has 0 fully saturated rings. The average Bonchev–Trinajstić information content (AvgIpc) is 2.26. The molecule has 1 unspecified atom stereocenters. The van der Waals surface area contributed by atoms with E-state index >= 15 is 0 Å². The Bertz CT molecular complexity index is 351. The second kappa shape index (κ2) is 4.95. The van der Waals surface area contributed by atoms with Crippen molar-refractivity contribution in [3.63, 3.8) is 0 Å². The standard InChI is InChI=1S/C11H13ClF3N/c1-8(7-12)16(2)10-6-4-3-5-9(10)11(13,14)15/h3-6,8H,7H2,1-2H3. The van der Waals surface area contributed by atoms with Gasteiger partial charge in [-0.3, -0.25) is 0 Å². The summed E-state index contributed by atoms with van der Waals surface area (Å²) in [6.45, 7) is 1.78. The van der Waals surface area contributed by atoms with Crippen LogP contribution in [-0.2, 0) is 6.18 Å². The number of anilines is 1. The molecule has 1 aromatic rings.